The Bertz CT molecular complexity index is 379. The van der Waals surface area contributed by atoms with Crippen LogP contribution in [-0.2, 0) is 4.79 Å². The van der Waals surface area contributed by atoms with E-state index in [2.05, 4.69) is 4.98 Å². The first-order chi connectivity index (χ1) is 8.02. The average molecular weight is 236 g/mol. The molecule has 17 heavy (non-hydrogen) atoms. The second kappa shape index (κ2) is 6.08. The van der Waals surface area contributed by atoms with Crippen molar-refractivity contribution in [3.63, 3.8) is 0 Å². The van der Waals surface area contributed by atoms with Crippen molar-refractivity contribution in [2.75, 3.05) is 38.3 Å². The highest BCUT2D eigenvalue weighted by molar-refractivity contribution is 5.75. The van der Waals surface area contributed by atoms with Gasteiger partial charge in [-0.1, -0.05) is 0 Å². The maximum atomic E-state index is 11.4. The summed E-state index contributed by atoms with van der Waals surface area (Å²) >= 11 is 0. The molecule has 5 heteroatoms. The Morgan fingerprint density at radius 2 is 2.12 bits per heavy atom. The number of amides is 1. The molecule has 0 spiro atoms. The molecule has 5 nitrogen and oxygen atoms in total. The summed E-state index contributed by atoms with van der Waals surface area (Å²) in [5.41, 5.74) is 7.44. The first-order valence-electron chi connectivity index (χ1n) is 5.63. The largest absolute Gasteiger partial charge is 0.396 e. The van der Waals surface area contributed by atoms with Crippen molar-refractivity contribution in [3.05, 3.63) is 18.5 Å². The Balaban J connectivity index is 2.43. The molecule has 0 aliphatic rings. The lowest BCUT2D eigenvalue weighted by Crippen LogP contribution is -2.24. The zero-order valence-electron chi connectivity index (χ0n) is 10.7. The molecule has 1 aromatic rings. The van der Waals surface area contributed by atoms with Gasteiger partial charge >= 0.3 is 0 Å². The van der Waals surface area contributed by atoms with Crippen molar-refractivity contribution in [2.45, 2.75) is 12.8 Å². The van der Waals surface area contributed by atoms with E-state index in [1.165, 1.54) is 0 Å². The van der Waals surface area contributed by atoms with Crippen molar-refractivity contribution in [1.82, 2.24) is 9.88 Å². The fourth-order valence-corrected chi connectivity index (χ4v) is 1.56. The van der Waals surface area contributed by atoms with Gasteiger partial charge in [0.25, 0.3) is 0 Å². The zero-order valence-corrected chi connectivity index (χ0v) is 10.7. The van der Waals surface area contributed by atoms with Gasteiger partial charge in [-0.25, -0.2) is 0 Å². The quantitative estimate of drug-likeness (QED) is 0.827. The highest BCUT2D eigenvalue weighted by atomic mass is 16.2. The van der Waals surface area contributed by atoms with Crippen LogP contribution in [0.3, 0.4) is 0 Å². The van der Waals surface area contributed by atoms with Crippen LogP contribution in [0.5, 0.6) is 0 Å². The van der Waals surface area contributed by atoms with E-state index >= 15 is 0 Å². The number of carbonyl (C=O) groups excluding carboxylic acids is 1. The lowest BCUT2D eigenvalue weighted by atomic mass is 10.2. The van der Waals surface area contributed by atoms with Crippen LogP contribution in [0.2, 0.25) is 0 Å². The summed E-state index contributed by atoms with van der Waals surface area (Å²) in [6.45, 7) is 0.799. The number of hydrogen-bond acceptors (Lipinski definition) is 4. The summed E-state index contributed by atoms with van der Waals surface area (Å²) in [6, 6.07) is 1.88. The SMILES string of the molecule is CN(C)C(=O)CCCN(C)c1ccncc1N. The van der Waals surface area contributed by atoms with E-state index in [-0.39, 0.29) is 5.91 Å². The van der Waals surface area contributed by atoms with Gasteiger partial charge in [-0.05, 0) is 12.5 Å². The molecule has 1 amide bonds. The van der Waals surface area contributed by atoms with Crippen LogP contribution in [0.4, 0.5) is 11.4 Å². The van der Waals surface area contributed by atoms with E-state index in [1.54, 1.807) is 31.4 Å². The molecule has 0 aliphatic carbocycles. The fourth-order valence-electron chi connectivity index (χ4n) is 1.56. The van der Waals surface area contributed by atoms with Gasteiger partial charge in [-0.15, -0.1) is 0 Å². The molecule has 0 unspecified atom stereocenters. The Kier molecular flexibility index (Phi) is 4.75. The summed E-state index contributed by atoms with van der Waals surface area (Å²) in [6.07, 6.45) is 4.72. The molecule has 1 rings (SSSR count). The molecular formula is C12H20N4O. The van der Waals surface area contributed by atoms with Gasteiger partial charge in [0.1, 0.15) is 0 Å². The minimum absolute atomic E-state index is 0.154. The maximum absolute atomic E-state index is 11.4. The summed E-state index contributed by atoms with van der Waals surface area (Å²) in [5.74, 6) is 0.154. The van der Waals surface area contributed by atoms with Crippen LogP contribution < -0.4 is 10.6 Å². The van der Waals surface area contributed by atoms with Gasteiger partial charge in [0.05, 0.1) is 17.6 Å². The number of nitrogens with two attached hydrogens (primary N) is 1. The van der Waals surface area contributed by atoms with Crippen LogP contribution in [0, 0.1) is 0 Å². The molecule has 0 fully saturated rings. The number of anilines is 2. The third-order valence-electron chi connectivity index (χ3n) is 2.62. The molecule has 2 N–H and O–H groups in total. The summed E-state index contributed by atoms with van der Waals surface area (Å²) < 4.78 is 0. The molecule has 0 aliphatic heterocycles. The maximum Gasteiger partial charge on any atom is 0.222 e. The molecule has 94 valence electrons. The highest BCUT2D eigenvalue weighted by Crippen LogP contribution is 2.19. The fraction of sp³-hybridized carbons (Fsp3) is 0.500. The van der Waals surface area contributed by atoms with Gasteiger partial charge in [0.2, 0.25) is 5.91 Å². The van der Waals surface area contributed by atoms with E-state index in [0.29, 0.717) is 12.1 Å². The molecule has 0 bridgehead atoms. The number of nitrogens with zero attached hydrogens (tertiary/aromatic N) is 3. The third-order valence-corrected chi connectivity index (χ3v) is 2.62. The van der Waals surface area contributed by atoms with Gasteiger partial charge in [0.15, 0.2) is 0 Å². The first-order valence-corrected chi connectivity index (χ1v) is 5.63. The molecule has 0 radical (unpaired) electrons. The number of carbonyl (C=O) groups is 1. The predicted octanol–water partition coefficient (Wildman–Crippen LogP) is 0.968. The first kappa shape index (κ1) is 13.3. The molecule has 1 heterocycles. The Morgan fingerprint density at radius 3 is 2.71 bits per heavy atom. The number of nitrogen functional groups attached to an aromatic ring is 1. The summed E-state index contributed by atoms with van der Waals surface area (Å²) in [4.78, 5) is 19.0. The molecule has 1 aromatic heterocycles. The van der Waals surface area contributed by atoms with E-state index in [4.69, 9.17) is 5.73 Å². The topological polar surface area (TPSA) is 62.5 Å². The molecule has 0 aromatic carbocycles. The molecule has 0 saturated heterocycles. The van der Waals surface area contributed by atoms with Crippen molar-refractivity contribution in [1.29, 1.82) is 0 Å². The van der Waals surface area contributed by atoms with Crippen LogP contribution in [-0.4, -0.2) is 43.5 Å². The highest BCUT2D eigenvalue weighted by Gasteiger charge is 2.07. The average Bonchev–Trinajstić information content (AvgIpc) is 2.29. The van der Waals surface area contributed by atoms with Gasteiger partial charge in [0, 0.05) is 40.3 Å². The predicted molar refractivity (Wildman–Crippen MR) is 69.8 cm³/mol. The smallest absolute Gasteiger partial charge is 0.222 e. The zero-order chi connectivity index (χ0) is 12.8. The van der Waals surface area contributed by atoms with Crippen molar-refractivity contribution in [3.8, 4) is 0 Å². The Labute approximate surface area is 102 Å². The Morgan fingerprint density at radius 1 is 1.41 bits per heavy atom. The normalized spacial score (nSPS) is 10.1. The van der Waals surface area contributed by atoms with Crippen molar-refractivity contribution >= 4 is 17.3 Å². The minimum Gasteiger partial charge on any atom is -0.396 e. The van der Waals surface area contributed by atoms with E-state index in [9.17, 15) is 4.79 Å². The van der Waals surface area contributed by atoms with Crippen LogP contribution in [0.25, 0.3) is 0 Å². The molecular weight excluding hydrogens is 216 g/mol. The third kappa shape index (κ3) is 3.94. The van der Waals surface area contributed by atoms with Crippen LogP contribution >= 0.6 is 0 Å². The van der Waals surface area contributed by atoms with Crippen molar-refractivity contribution < 1.29 is 4.79 Å². The molecule has 0 atom stereocenters. The second-order valence-corrected chi connectivity index (χ2v) is 4.25. The van der Waals surface area contributed by atoms with Crippen molar-refractivity contribution in [2.24, 2.45) is 0 Å². The van der Waals surface area contributed by atoms with Gasteiger partial charge in [-0.2, -0.15) is 0 Å². The van der Waals surface area contributed by atoms with Crippen LogP contribution in [0.15, 0.2) is 18.5 Å². The minimum atomic E-state index is 0.154. The van der Waals surface area contributed by atoms with E-state index in [1.807, 2.05) is 18.0 Å². The number of aromatic nitrogens is 1. The van der Waals surface area contributed by atoms with E-state index < -0.39 is 0 Å². The van der Waals surface area contributed by atoms with Crippen LogP contribution in [0.1, 0.15) is 12.8 Å². The summed E-state index contributed by atoms with van der Waals surface area (Å²) in [5, 5.41) is 0. The second-order valence-electron chi connectivity index (χ2n) is 4.25. The summed E-state index contributed by atoms with van der Waals surface area (Å²) in [7, 11) is 5.51. The number of pyridine rings is 1. The number of hydrogen-bond donors (Lipinski definition) is 1. The van der Waals surface area contributed by atoms with Gasteiger partial charge in [-0.3, -0.25) is 9.78 Å². The van der Waals surface area contributed by atoms with Gasteiger partial charge < -0.3 is 15.5 Å². The Hall–Kier alpha value is -1.78. The number of rotatable bonds is 5. The monoisotopic (exact) mass is 236 g/mol. The molecule has 0 saturated carbocycles. The standard InChI is InChI=1S/C12H20N4O/c1-15(2)12(17)5-4-8-16(3)11-6-7-14-9-10(11)13/h6-7,9H,4-5,8,13H2,1-3H3. The lowest BCUT2D eigenvalue weighted by molar-refractivity contribution is -0.128. The van der Waals surface area contributed by atoms with E-state index in [0.717, 1.165) is 18.7 Å². The lowest BCUT2D eigenvalue weighted by Gasteiger charge is -2.20.